The molecule has 2 aromatic heterocycles. The molecule has 2 heterocycles. The lowest BCUT2D eigenvalue weighted by Crippen LogP contribution is -1.96. The average molecular weight is 263 g/mol. The Morgan fingerprint density at radius 3 is 2.67 bits per heavy atom. The first-order valence-corrected chi connectivity index (χ1v) is 5.80. The van der Waals surface area contributed by atoms with Crippen LogP contribution in [0.15, 0.2) is 39.1 Å². The van der Waals surface area contributed by atoms with E-state index in [0.717, 1.165) is 17.3 Å². The third-order valence-electron chi connectivity index (χ3n) is 1.92. The van der Waals surface area contributed by atoms with Crippen molar-refractivity contribution in [3.8, 4) is 0 Å². The average Bonchev–Trinajstić information content (AvgIpc) is 2.75. The van der Waals surface area contributed by atoms with Gasteiger partial charge in [-0.2, -0.15) is 0 Å². The van der Waals surface area contributed by atoms with Crippen LogP contribution < -0.4 is 0 Å². The second-order valence-corrected chi connectivity index (χ2v) is 4.28. The summed E-state index contributed by atoms with van der Waals surface area (Å²) >= 11 is 0.913. The molecule has 0 bridgehead atoms. The van der Waals surface area contributed by atoms with Crippen molar-refractivity contribution in [1.29, 1.82) is 0 Å². The van der Waals surface area contributed by atoms with Gasteiger partial charge in [0.05, 0.1) is 0 Å². The van der Waals surface area contributed by atoms with E-state index < -0.39 is 5.97 Å². The molecule has 0 aromatic carbocycles. The number of pyridine rings is 1. The van der Waals surface area contributed by atoms with E-state index in [1.807, 2.05) is 0 Å². The van der Waals surface area contributed by atoms with Crippen LogP contribution in [-0.4, -0.2) is 26.3 Å². The second-order valence-electron chi connectivity index (χ2n) is 3.28. The molecule has 0 amide bonds. The maximum absolute atomic E-state index is 11.1. The van der Waals surface area contributed by atoms with Gasteiger partial charge in [0.2, 0.25) is 5.89 Å². The molecule has 1 N–H and O–H groups in total. The molecule has 0 unspecified atom stereocenters. The van der Waals surface area contributed by atoms with Gasteiger partial charge in [0, 0.05) is 19.3 Å². The fraction of sp³-hybridized carbons (Fsp3) is 0.0909. The molecule has 0 aliphatic heterocycles. The minimum Gasteiger partial charge on any atom is -0.477 e. The topological polar surface area (TPSA) is 89.1 Å². The Bertz CT molecular complexity index is 580. The summed E-state index contributed by atoms with van der Waals surface area (Å²) in [7, 11) is 0. The molecule has 18 heavy (non-hydrogen) atoms. The zero-order chi connectivity index (χ0) is 13.0. The molecule has 0 saturated carbocycles. The number of hydrogen-bond acceptors (Lipinski definition) is 6. The highest BCUT2D eigenvalue weighted by Gasteiger charge is 2.13. The monoisotopic (exact) mass is 263 g/mol. The molecule has 0 radical (unpaired) electrons. The molecule has 2 aromatic rings. The van der Waals surface area contributed by atoms with E-state index in [0.29, 0.717) is 5.89 Å². The SMILES string of the molecule is Cc1nnc(S/C(=C\c2ccncc2)C(=O)O)o1. The van der Waals surface area contributed by atoms with Gasteiger partial charge >= 0.3 is 5.97 Å². The molecule has 92 valence electrons. The molecule has 6 nitrogen and oxygen atoms in total. The van der Waals surface area contributed by atoms with Crippen molar-refractivity contribution in [3.63, 3.8) is 0 Å². The summed E-state index contributed by atoms with van der Waals surface area (Å²) in [5.41, 5.74) is 0.742. The summed E-state index contributed by atoms with van der Waals surface area (Å²) < 4.78 is 5.13. The van der Waals surface area contributed by atoms with E-state index >= 15 is 0 Å². The molecule has 7 heteroatoms. The summed E-state index contributed by atoms with van der Waals surface area (Å²) in [4.78, 5) is 15.1. The zero-order valence-electron chi connectivity index (χ0n) is 9.40. The Morgan fingerprint density at radius 1 is 1.39 bits per heavy atom. The van der Waals surface area contributed by atoms with Gasteiger partial charge in [-0.05, 0) is 35.5 Å². The quantitative estimate of drug-likeness (QED) is 0.666. The van der Waals surface area contributed by atoms with Crippen molar-refractivity contribution in [1.82, 2.24) is 15.2 Å². The second kappa shape index (κ2) is 5.46. The maximum atomic E-state index is 11.1. The number of rotatable bonds is 4. The largest absolute Gasteiger partial charge is 0.477 e. The minimum atomic E-state index is -1.05. The molecule has 0 saturated heterocycles. The number of nitrogens with zero attached hydrogens (tertiary/aromatic N) is 3. The Kier molecular flexibility index (Phi) is 3.73. The normalized spacial score (nSPS) is 11.5. The van der Waals surface area contributed by atoms with E-state index in [1.165, 1.54) is 6.08 Å². The number of aryl methyl sites for hydroxylation is 1. The molecular formula is C11H9N3O3S. The van der Waals surface area contributed by atoms with Crippen LogP contribution in [-0.2, 0) is 4.79 Å². The van der Waals surface area contributed by atoms with Crippen LogP contribution in [0.4, 0.5) is 0 Å². The lowest BCUT2D eigenvalue weighted by atomic mass is 10.2. The summed E-state index contributed by atoms with van der Waals surface area (Å²) in [5.74, 6) is -0.654. The van der Waals surface area contributed by atoms with Gasteiger partial charge in [-0.25, -0.2) is 4.79 Å². The predicted molar refractivity (Wildman–Crippen MR) is 64.7 cm³/mol. The predicted octanol–water partition coefficient (Wildman–Crippen LogP) is 1.99. The number of carbonyl (C=O) groups is 1. The van der Waals surface area contributed by atoms with Crippen molar-refractivity contribution in [2.45, 2.75) is 12.1 Å². The molecule has 2 rings (SSSR count). The van der Waals surface area contributed by atoms with Gasteiger partial charge in [0.1, 0.15) is 4.91 Å². The number of carboxylic acid groups (broad SMARTS) is 1. The van der Waals surface area contributed by atoms with E-state index in [-0.39, 0.29) is 10.1 Å². The van der Waals surface area contributed by atoms with Crippen molar-refractivity contribution in [2.75, 3.05) is 0 Å². The van der Waals surface area contributed by atoms with E-state index in [4.69, 9.17) is 9.52 Å². The van der Waals surface area contributed by atoms with E-state index in [2.05, 4.69) is 15.2 Å². The van der Waals surface area contributed by atoms with Crippen LogP contribution in [0.5, 0.6) is 0 Å². The van der Waals surface area contributed by atoms with Gasteiger partial charge in [-0.15, -0.1) is 10.2 Å². The van der Waals surface area contributed by atoms with Crippen molar-refractivity contribution < 1.29 is 14.3 Å². The lowest BCUT2D eigenvalue weighted by Gasteiger charge is -1.98. The third-order valence-corrected chi connectivity index (χ3v) is 2.77. The first kappa shape index (κ1) is 12.3. The van der Waals surface area contributed by atoms with Gasteiger partial charge in [0.25, 0.3) is 5.22 Å². The van der Waals surface area contributed by atoms with Crippen molar-refractivity contribution in [2.24, 2.45) is 0 Å². The summed E-state index contributed by atoms with van der Waals surface area (Å²) in [5, 5.41) is 16.7. The highest BCUT2D eigenvalue weighted by atomic mass is 32.2. The Morgan fingerprint density at radius 2 is 2.11 bits per heavy atom. The van der Waals surface area contributed by atoms with Crippen LogP contribution in [0.3, 0.4) is 0 Å². The number of aliphatic carboxylic acids is 1. The third kappa shape index (κ3) is 3.17. The molecule has 0 spiro atoms. The standard InChI is InChI=1S/C11H9N3O3S/c1-7-13-14-11(17-7)18-9(10(15)16)6-8-2-4-12-5-3-8/h2-6H,1H3,(H,15,16)/b9-6-. The minimum absolute atomic E-state index is 0.102. The fourth-order valence-corrected chi connectivity index (χ4v) is 1.87. The highest BCUT2D eigenvalue weighted by molar-refractivity contribution is 8.03. The van der Waals surface area contributed by atoms with E-state index in [9.17, 15) is 4.79 Å². The first-order chi connectivity index (χ1) is 8.65. The van der Waals surface area contributed by atoms with Crippen LogP contribution in [0.25, 0.3) is 6.08 Å². The Labute approximate surface area is 107 Å². The fourth-order valence-electron chi connectivity index (χ4n) is 1.16. The van der Waals surface area contributed by atoms with Crippen LogP contribution in [0, 0.1) is 6.92 Å². The number of hydrogen-bond donors (Lipinski definition) is 1. The molecular weight excluding hydrogens is 254 g/mol. The summed E-state index contributed by atoms with van der Waals surface area (Å²) in [6, 6.07) is 3.42. The first-order valence-electron chi connectivity index (χ1n) is 4.98. The van der Waals surface area contributed by atoms with Crippen molar-refractivity contribution in [3.05, 3.63) is 40.9 Å². The number of aromatic nitrogens is 3. The zero-order valence-corrected chi connectivity index (χ0v) is 10.2. The van der Waals surface area contributed by atoms with E-state index in [1.54, 1.807) is 31.5 Å². The lowest BCUT2D eigenvalue weighted by molar-refractivity contribution is -0.131. The van der Waals surface area contributed by atoms with Crippen molar-refractivity contribution >= 4 is 23.8 Å². The highest BCUT2D eigenvalue weighted by Crippen LogP contribution is 2.27. The number of carboxylic acids is 1. The number of thioether (sulfide) groups is 1. The van der Waals surface area contributed by atoms with Crippen LogP contribution in [0.1, 0.15) is 11.5 Å². The van der Waals surface area contributed by atoms with Gasteiger partial charge < -0.3 is 9.52 Å². The Hall–Kier alpha value is -2.15. The maximum Gasteiger partial charge on any atom is 0.342 e. The van der Waals surface area contributed by atoms with Gasteiger partial charge in [0.15, 0.2) is 0 Å². The molecule has 0 aliphatic rings. The van der Waals surface area contributed by atoms with Crippen LogP contribution in [0.2, 0.25) is 0 Å². The van der Waals surface area contributed by atoms with Gasteiger partial charge in [-0.1, -0.05) is 0 Å². The summed E-state index contributed by atoms with van der Waals surface area (Å²) in [6.07, 6.45) is 4.70. The van der Waals surface area contributed by atoms with Crippen LogP contribution >= 0.6 is 11.8 Å². The summed E-state index contributed by atoms with van der Waals surface area (Å²) in [6.45, 7) is 1.64. The van der Waals surface area contributed by atoms with Gasteiger partial charge in [-0.3, -0.25) is 4.98 Å². The smallest absolute Gasteiger partial charge is 0.342 e. The molecule has 0 fully saturated rings. The molecule has 0 atom stereocenters. The molecule has 0 aliphatic carbocycles. The Balaban J connectivity index is 2.24.